The molecule has 1 rings (SSSR count). The van der Waals surface area contributed by atoms with E-state index in [4.69, 9.17) is 7.48 Å². The molecule has 14 heavy (non-hydrogen) atoms. The van der Waals surface area contributed by atoms with Crippen molar-refractivity contribution in [1.82, 2.24) is 0 Å². The third-order valence-corrected chi connectivity index (χ3v) is 1.85. The summed E-state index contributed by atoms with van der Waals surface area (Å²) in [4.78, 5) is 11.4. The Morgan fingerprint density at radius 3 is 2.79 bits per heavy atom. The second kappa shape index (κ2) is 5.43. The Morgan fingerprint density at radius 1 is 1.57 bits per heavy atom. The van der Waals surface area contributed by atoms with Crippen LogP contribution in [0.2, 0.25) is 0 Å². The molecule has 0 amide bonds. The molecule has 0 aromatic heterocycles. The highest BCUT2D eigenvalue weighted by atomic mass is 16.5. The highest BCUT2D eigenvalue weighted by molar-refractivity contribution is 5.70. The van der Waals surface area contributed by atoms with Crippen LogP contribution in [-0.4, -0.2) is 12.6 Å². The number of carbonyl (C=O) groups is 1. The largest absolute Gasteiger partial charge is 0.466 e. The molecule has 76 valence electrons. The number of benzene rings is 1. The van der Waals surface area contributed by atoms with Crippen molar-refractivity contribution in [2.45, 2.75) is 26.1 Å². The highest BCUT2D eigenvalue weighted by Crippen LogP contribution is 2.18. The molecule has 0 heterocycles. The Balaban J connectivity index is 2.89. The van der Waals surface area contributed by atoms with Crippen LogP contribution in [0.25, 0.3) is 0 Å². The number of hydrogen-bond donors (Lipinski definition) is 0. The van der Waals surface area contributed by atoms with Gasteiger partial charge in [-0.3, -0.25) is 4.79 Å². The minimum atomic E-state index is -1.28. The maximum Gasteiger partial charge on any atom is 0.306 e. The number of hydrogen-bond acceptors (Lipinski definition) is 2. The molecule has 0 fully saturated rings. The van der Waals surface area contributed by atoms with Crippen LogP contribution in [0.15, 0.2) is 30.3 Å². The summed E-state index contributed by atoms with van der Waals surface area (Å²) in [6.45, 7) is 3.48. The Labute approximate surface area is 87.7 Å². The lowest BCUT2D eigenvalue weighted by molar-refractivity contribution is -0.143. The molecule has 0 radical (unpaired) electrons. The van der Waals surface area contributed by atoms with Crippen molar-refractivity contribution in [2.24, 2.45) is 0 Å². The Bertz CT molecular complexity index is 349. The molecule has 2 atom stereocenters. The molecule has 2 nitrogen and oxygen atoms in total. The molecule has 0 saturated carbocycles. The van der Waals surface area contributed by atoms with Gasteiger partial charge in [0, 0.05) is 2.74 Å². The smallest absolute Gasteiger partial charge is 0.306 e. The zero-order chi connectivity index (χ0) is 12.2. The second-order valence-corrected chi connectivity index (χ2v) is 2.95. The lowest BCUT2D eigenvalue weighted by Crippen LogP contribution is -2.08. The Kier molecular flexibility index (Phi) is 3.11. The first-order valence-electron chi connectivity index (χ1n) is 5.72. The van der Waals surface area contributed by atoms with Gasteiger partial charge in [-0.1, -0.05) is 37.3 Å². The molecule has 2 unspecified atom stereocenters. The first kappa shape index (κ1) is 8.04. The Hall–Kier alpha value is -1.31. The summed E-state index contributed by atoms with van der Waals surface area (Å²) in [6.07, 6.45) is -1.23. The van der Waals surface area contributed by atoms with Crippen LogP contribution in [0, 0.1) is 0 Å². The van der Waals surface area contributed by atoms with Crippen molar-refractivity contribution >= 4 is 5.97 Å². The Morgan fingerprint density at radius 2 is 2.21 bits per heavy atom. The van der Waals surface area contributed by atoms with Gasteiger partial charge in [0.15, 0.2) is 0 Å². The van der Waals surface area contributed by atoms with Crippen molar-refractivity contribution in [1.29, 1.82) is 0 Å². The van der Waals surface area contributed by atoms with Gasteiger partial charge in [-0.05, 0) is 18.4 Å². The van der Waals surface area contributed by atoms with E-state index in [-0.39, 0.29) is 6.61 Å². The van der Waals surface area contributed by atoms with Gasteiger partial charge in [-0.25, -0.2) is 0 Å². The molecule has 0 bridgehead atoms. The van der Waals surface area contributed by atoms with E-state index in [0.717, 1.165) is 0 Å². The van der Waals surface area contributed by atoms with Crippen LogP contribution < -0.4 is 0 Å². The molecule has 1 aromatic carbocycles. The van der Waals surface area contributed by atoms with Gasteiger partial charge >= 0.3 is 5.97 Å². The summed E-state index contributed by atoms with van der Waals surface area (Å²) in [5.74, 6) is -1.93. The van der Waals surface area contributed by atoms with Crippen molar-refractivity contribution in [2.75, 3.05) is 6.61 Å². The van der Waals surface area contributed by atoms with Crippen LogP contribution in [0.3, 0.4) is 0 Å². The number of esters is 1. The predicted octanol–water partition coefficient (Wildman–Crippen LogP) is 2.74. The van der Waals surface area contributed by atoms with Gasteiger partial charge in [0.25, 0.3) is 0 Å². The summed E-state index contributed by atoms with van der Waals surface area (Å²) in [5.41, 5.74) is 0.642. The first-order chi connectivity index (χ1) is 7.50. The molecule has 0 spiro atoms. The average molecular weight is 194 g/mol. The topological polar surface area (TPSA) is 26.3 Å². The first-order valence-corrected chi connectivity index (χ1v) is 4.64. The predicted molar refractivity (Wildman–Crippen MR) is 56.1 cm³/mol. The molecule has 0 aliphatic carbocycles. The summed E-state index contributed by atoms with van der Waals surface area (Å²) in [6, 6.07) is 8.91. The van der Waals surface area contributed by atoms with Crippen molar-refractivity contribution in [3.63, 3.8) is 0 Å². The van der Waals surface area contributed by atoms with Crippen molar-refractivity contribution < 1.29 is 12.3 Å². The van der Waals surface area contributed by atoms with E-state index < -0.39 is 18.3 Å². The van der Waals surface area contributed by atoms with Crippen LogP contribution in [0.1, 0.15) is 34.4 Å². The minimum Gasteiger partial charge on any atom is -0.466 e. The maximum absolute atomic E-state index is 11.4. The highest BCUT2D eigenvalue weighted by Gasteiger charge is 2.10. The lowest BCUT2D eigenvalue weighted by atomic mass is 9.98. The number of carbonyl (C=O) groups excluding carboxylic acids is 1. The van der Waals surface area contributed by atoms with Gasteiger partial charge in [0.2, 0.25) is 0 Å². The monoisotopic (exact) mass is 194 g/mol. The molecule has 1 aromatic rings. The van der Waals surface area contributed by atoms with Crippen LogP contribution in [-0.2, 0) is 9.53 Å². The van der Waals surface area contributed by atoms with E-state index >= 15 is 0 Å². The zero-order valence-electron chi connectivity index (χ0n) is 10.5. The maximum atomic E-state index is 11.4. The van der Waals surface area contributed by atoms with Gasteiger partial charge < -0.3 is 4.74 Å². The van der Waals surface area contributed by atoms with E-state index in [2.05, 4.69) is 0 Å². The normalized spacial score (nSPS) is 18.7. The van der Waals surface area contributed by atoms with E-state index in [1.54, 1.807) is 38.1 Å². The molecular weight excluding hydrogens is 176 g/mol. The van der Waals surface area contributed by atoms with Gasteiger partial charge in [0.1, 0.15) is 0 Å². The van der Waals surface area contributed by atoms with Crippen molar-refractivity contribution in [3.05, 3.63) is 35.9 Å². The van der Waals surface area contributed by atoms with E-state index in [9.17, 15) is 4.79 Å². The quantitative estimate of drug-likeness (QED) is 0.689. The minimum absolute atomic E-state index is 0.235. The third kappa shape index (κ3) is 3.21. The van der Waals surface area contributed by atoms with Crippen LogP contribution >= 0.6 is 0 Å². The fourth-order valence-electron chi connectivity index (χ4n) is 1.15. The van der Waals surface area contributed by atoms with E-state index in [1.165, 1.54) is 0 Å². The number of ether oxygens (including phenoxy) is 1. The molecule has 0 saturated heterocycles. The van der Waals surface area contributed by atoms with Gasteiger partial charge in [-0.2, -0.15) is 0 Å². The van der Waals surface area contributed by atoms with E-state index in [1.807, 2.05) is 6.07 Å². The van der Waals surface area contributed by atoms with Gasteiger partial charge in [0.05, 0.1) is 13.0 Å². The van der Waals surface area contributed by atoms with Gasteiger partial charge in [-0.15, -0.1) is 0 Å². The molecule has 2 heteroatoms. The standard InChI is InChI=1S/C12H16O2/c1-3-14-12(13)9-10(2)11-7-5-4-6-8-11/h4-8,10H,3,9H2,1-2H3/i9D,10D. The fraction of sp³-hybridized carbons (Fsp3) is 0.417. The summed E-state index contributed by atoms with van der Waals surface area (Å²) in [5, 5.41) is 0. The third-order valence-electron chi connectivity index (χ3n) is 1.85. The molecule has 0 aliphatic heterocycles. The van der Waals surface area contributed by atoms with Crippen LogP contribution in [0.5, 0.6) is 0 Å². The number of rotatable bonds is 4. The molecule has 0 aliphatic rings. The fourth-order valence-corrected chi connectivity index (χ4v) is 1.15. The summed E-state index contributed by atoms with van der Waals surface area (Å²) >= 11 is 0. The van der Waals surface area contributed by atoms with Crippen LogP contribution in [0.4, 0.5) is 0 Å². The SMILES string of the molecule is [2H]C(C(=O)OCC)C([2H])(C)c1ccccc1. The lowest BCUT2D eigenvalue weighted by Gasteiger charge is -2.10. The van der Waals surface area contributed by atoms with Crippen molar-refractivity contribution in [3.8, 4) is 0 Å². The summed E-state index contributed by atoms with van der Waals surface area (Å²) in [7, 11) is 0. The van der Waals surface area contributed by atoms with E-state index in [0.29, 0.717) is 5.56 Å². The summed E-state index contributed by atoms with van der Waals surface area (Å²) < 4.78 is 20.6. The molecular formula is C12H16O2. The zero-order valence-corrected chi connectivity index (χ0v) is 8.49. The average Bonchev–Trinajstić information content (AvgIpc) is 2.29. The second-order valence-electron chi connectivity index (χ2n) is 2.95. The molecule has 0 N–H and O–H groups in total.